The van der Waals surface area contributed by atoms with E-state index < -0.39 is 0 Å². The fourth-order valence-electron chi connectivity index (χ4n) is 4.91. The molecule has 0 saturated carbocycles. The molecule has 2 aromatic heterocycles. The van der Waals surface area contributed by atoms with Crippen molar-refractivity contribution in [3.63, 3.8) is 0 Å². The van der Waals surface area contributed by atoms with E-state index in [0.29, 0.717) is 17.0 Å². The van der Waals surface area contributed by atoms with Gasteiger partial charge in [0.1, 0.15) is 11.3 Å². The van der Waals surface area contributed by atoms with E-state index in [0.717, 1.165) is 49.8 Å². The van der Waals surface area contributed by atoms with Crippen LogP contribution in [0.4, 0.5) is 0 Å². The van der Waals surface area contributed by atoms with Crippen molar-refractivity contribution >= 4 is 22.0 Å². The van der Waals surface area contributed by atoms with Crippen LogP contribution in [0.15, 0.2) is 126 Å². The van der Waals surface area contributed by atoms with Gasteiger partial charge in [-0.15, -0.1) is 35.4 Å². The number of pyridine rings is 1. The minimum absolute atomic E-state index is 0. The number of aromatic nitrogens is 2. The van der Waals surface area contributed by atoms with E-state index in [1.807, 2.05) is 54.7 Å². The van der Waals surface area contributed by atoms with Gasteiger partial charge in [-0.1, -0.05) is 77.9 Å². The number of fused-ring (bicyclic) bond motifs is 2. The molecule has 190 valence electrons. The Morgan fingerprint density at radius 3 is 2.21 bits per heavy atom. The van der Waals surface area contributed by atoms with Gasteiger partial charge in [0.15, 0.2) is 0 Å². The summed E-state index contributed by atoms with van der Waals surface area (Å²) in [6.45, 7) is 0. The number of phenols is 1. The Balaban J connectivity index is 0.00000277. The largest absolute Gasteiger partial charge is 0.507 e. The molecule has 0 bridgehead atoms. The van der Waals surface area contributed by atoms with Crippen molar-refractivity contribution in [2.24, 2.45) is 0 Å². The van der Waals surface area contributed by atoms with Crippen LogP contribution < -0.4 is 0 Å². The molecule has 0 unspecified atom stereocenters. The molecule has 5 heteroatoms. The van der Waals surface area contributed by atoms with Crippen molar-refractivity contribution in [1.29, 1.82) is 0 Å². The van der Waals surface area contributed by atoms with Gasteiger partial charge in [-0.3, -0.25) is 4.98 Å². The number of hydrogen-bond donors (Lipinski definition) is 1. The number of aromatic hydroxyl groups is 1. The van der Waals surface area contributed by atoms with E-state index in [-0.39, 0.29) is 26.8 Å². The van der Waals surface area contributed by atoms with Crippen LogP contribution in [0.5, 0.6) is 5.75 Å². The molecule has 0 aliphatic carbocycles. The number of rotatable bonds is 4. The third-order valence-electron chi connectivity index (χ3n) is 6.74. The van der Waals surface area contributed by atoms with Crippen LogP contribution in [0, 0.1) is 6.07 Å². The number of benzene rings is 5. The van der Waals surface area contributed by atoms with Gasteiger partial charge in [0.05, 0.1) is 11.1 Å². The van der Waals surface area contributed by atoms with E-state index in [1.54, 1.807) is 18.2 Å². The molecule has 5 aromatic carbocycles. The van der Waals surface area contributed by atoms with Crippen molar-refractivity contribution in [3.05, 3.63) is 128 Å². The van der Waals surface area contributed by atoms with Crippen LogP contribution in [-0.4, -0.2) is 15.1 Å². The first-order chi connectivity index (χ1) is 18.7. The Morgan fingerprint density at radius 1 is 0.615 bits per heavy atom. The van der Waals surface area contributed by atoms with E-state index in [2.05, 4.69) is 54.6 Å². The number of nitrogens with zero attached hydrogens (tertiary/aromatic N) is 2. The second-order valence-electron chi connectivity index (χ2n) is 9.13. The van der Waals surface area contributed by atoms with Crippen LogP contribution in [0.25, 0.3) is 66.8 Å². The first kappa shape index (κ1) is 24.8. The number of oxazole rings is 1. The second kappa shape index (κ2) is 10.3. The van der Waals surface area contributed by atoms with Crippen molar-refractivity contribution in [2.75, 3.05) is 0 Å². The van der Waals surface area contributed by atoms with Gasteiger partial charge in [0.2, 0.25) is 5.89 Å². The summed E-state index contributed by atoms with van der Waals surface area (Å²) in [5.41, 5.74) is 8.93. The zero-order valence-corrected chi connectivity index (χ0v) is 22.9. The smallest absolute Gasteiger partial charge is 0.230 e. The van der Waals surface area contributed by atoms with Gasteiger partial charge in [0, 0.05) is 32.8 Å². The second-order valence-corrected chi connectivity index (χ2v) is 9.13. The van der Waals surface area contributed by atoms with Gasteiger partial charge in [0.25, 0.3) is 0 Å². The Bertz CT molecular complexity index is 1950. The SMILES string of the molecule is Oc1ccccc1-c1nc2c(-c3[c-]c(-c4cc(-c5ccccc5)cc5cccnc45)ccc3)cccc2o1.[Pt]. The molecular weight excluding hydrogens is 663 g/mol. The van der Waals surface area contributed by atoms with E-state index in [4.69, 9.17) is 14.4 Å². The summed E-state index contributed by atoms with van der Waals surface area (Å²) in [6, 6.07) is 41.5. The summed E-state index contributed by atoms with van der Waals surface area (Å²) in [5.74, 6) is 0.513. The molecule has 2 heterocycles. The predicted molar refractivity (Wildman–Crippen MR) is 152 cm³/mol. The number of hydrogen-bond acceptors (Lipinski definition) is 4. The number of phenolic OH excluding ortho intramolecular Hbond substituents is 1. The monoisotopic (exact) mass is 684 g/mol. The van der Waals surface area contributed by atoms with Crippen LogP contribution in [0.1, 0.15) is 0 Å². The summed E-state index contributed by atoms with van der Waals surface area (Å²) in [5, 5.41) is 11.4. The summed E-state index contributed by atoms with van der Waals surface area (Å²) < 4.78 is 6.04. The van der Waals surface area contributed by atoms with Crippen LogP contribution in [-0.2, 0) is 21.1 Å². The average Bonchev–Trinajstić information content (AvgIpc) is 3.42. The fourth-order valence-corrected chi connectivity index (χ4v) is 4.91. The Morgan fingerprint density at radius 2 is 1.36 bits per heavy atom. The molecule has 7 aromatic rings. The first-order valence-corrected chi connectivity index (χ1v) is 12.4. The van der Waals surface area contributed by atoms with Gasteiger partial charge in [-0.25, -0.2) is 4.98 Å². The Hall–Kier alpha value is -4.53. The van der Waals surface area contributed by atoms with Crippen molar-refractivity contribution in [2.45, 2.75) is 0 Å². The summed E-state index contributed by atoms with van der Waals surface area (Å²) in [7, 11) is 0. The minimum Gasteiger partial charge on any atom is -0.507 e. The molecule has 4 nitrogen and oxygen atoms in total. The van der Waals surface area contributed by atoms with Crippen molar-refractivity contribution in [1.82, 2.24) is 9.97 Å². The molecule has 1 N–H and O–H groups in total. The van der Waals surface area contributed by atoms with Gasteiger partial charge < -0.3 is 9.52 Å². The molecule has 0 aliphatic rings. The molecule has 39 heavy (non-hydrogen) atoms. The average molecular weight is 685 g/mol. The van der Waals surface area contributed by atoms with Crippen LogP contribution in [0.2, 0.25) is 0 Å². The first-order valence-electron chi connectivity index (χ1n) is 12.4. The van der Waals surface area contributed by atoms with Crippen molar-refractivity contribution < 1.29 is 30.6 Å². The zero-order valence-electron chi connectivity index (χ0n) is 20.6. The molecule has 0 aliphatic heterocycles. The maximum atomic E-state index is 10.3. The summed E-state index contributed by atoms with van der Waals surface area (Å²) in [6.07, 6.45) is 1.83. The predicted octanol–water partition coefficient (Wildman–Crippen LogP) is 8.55. The van der Waals surface area contributed by atoms with Gasteiger partial charge >= 0.3 is 0 Å². The molecule has 0 fully saturated rings. The van der Waals surface area contributed by atoms with Crippen LogP contribution >= 0.6 is 0 Å². The summed E-state index contributed by atoms with van der Waals surface area (Å²) >= 11 is 0. The molecule has 0 amide bonds. The quantitative estimate of drug-likeness (QED) is 0.189. The Labute approximate surface area is 239 Å². The minimum atomic E-state index is 0. The molecule has 0 atom stereocenters. The van der Waals surface area contributed by atoms with E-state index in [9.17, 15) is 5.11 Å². The van der Waals surface area contributed by atoms with Crippen LogP contribution in [0.3, 0.4) is 0 Å². The van der Waals surface area contributed by atoms with E-state index in [1.165, 1.54) is 0 Å². The van der Waals surface area contributed by atoms with Gasteiger partial charge in [-0.05, 0) is 46.8 Å². The third kappa shape index (κ3) is 4.54. The maximum Gasteiger partial charge on any atom is 0.230 e. The topological polar surface area (TPSA) is 59.2 Å². The van der Waals surface area contributed by atoms with E-state index >= 15 is 0 Å². The molecule has 0 spiro atoms. The maximum absolute atomic E-state index is 10.3. The Kier molecular flexibility index (Phi) is 6.56. The zero-order chi connectivity index (χ0) is 25.5. The molecule has 0 saturated heterocycles. The molecule has 0 radical (unpaired) electrons. The fraction of sp³-hybridized carbons (Fsp3) is 0. The number of para-hydroxylation sites is 2. The summed E-state index contributed by atoms with van der Waals surface area (Å²) in [4.78, 5) is 9.49. The molecular formula is C34H21N2O2Pt-. The third-order valence-corrected chi connectivity index (χ3v) is 6.74. The standard InChI is InChI=1S/C34H21N2O2.Pt/c37-30-16-5-4-14-28(30)34-36-33-27(15-7-17-31(33)38-34)23-11-6-12-24(19-23)29-21-26(22-9-2-1-3-10-22)20-25-13-8-18-35-32(25)29;/h1-18,20-21,37H;/q-1;. The van der Waals surface area contributed by atoms with Gasteiger partial charge in [-0.2, -0.15) is 0 Å². The van der Waals surface area contributed by atoms with Crippen molar-refractivity contribution in [3.8, 4) is 50.6 Å². The normalized spacial score (nSPS) is 11.0. The molecule has 7 rings (SSSR count).